The number of nitrogens with one attached hydrogen (secondary N) is 1. The number of carbonyl (C=O) groups is 1. The van der Waals surface area contributed by atoms with Gasteiger partial charge in [0.2, 0.25) is 5.91 Å². The summed E-state index contributed by atoms with van der Waals surface area (Å²) in [5.41, 5.74) is 2.99. The lowest BCUT2D eigenvalue weighted by atomic mass is 10.1. The van der Waals surface area contributed by atoms with Gasteiger partial charge in [-0.3, -0.25) is 4.79 Å². The minimum Gasteiger partial charge on any atom is -0.349 e. The molecule has 8 heteroatoms. The van der Waals surface area contributed by atoms with Crippen molar-refractivity contribution in [3.63, 3.8) is 0 Å². The fraction of sp³-hybridized carbons (Fsp3) is 0.286. The van der Waals surface area contributed by atoms with Crippen molar-refractivity contribution in [1.29, 1.82) is 0 Å². The van der Waals surface area contributed by atoms with E-state index in [0.717, 1.165) is 17.0 Å². The van der Waals surface area contributed by atoms with E-state index in [4.69, 9.17) is 23.2 Å². The van der Waals surface area contributed by atoms with E-state index in [-0.39, 0.29) is 17.2 Å². The number of halogens is 2. The highest BCUT2D eigenvalue weighted by molar-refractivity contribution is 8.00. The number of benzene rings is 2. The number of aryl methyl sites for hydroxylation is 1. The molecule has 29 heavy (non-hydrogen) atoms. The molecule has 2 unspecified atom stereocenters. The molecule has 0 aliphatic carbocycles. The van der Waals surface area contributed by atoms with E-state index in [1.54, 1.807) is 12.1 Å². The number of hydrogen-bond donors (Lipinski definition) is 1. The number of aromatic nitrogens is 3. The van der Waals surface area contributed by atoms with Crippen molar-refractivity contribution >= 4 is 40.9 Å². The topological polar surface area (TPSA) is 59.8 Å². The zero-order chi connectivity index (χ0) is 21.1. The molecule has 3 rings (SSSR count). The predicted octanol–water partition coefficient (Wildman–Crippen LogP) is 5.46. The number of rotatable bonds is 6. The standard InChI is InChI=1S/C21H22Cl2N4OS/c1-12-5-7-15(8-6-12)19-25-26-21(27(19)4)29-14(3)20(28)24-13(2)17-10-9-16(22)11-18(17)23/h5-11,13-14H,1-4H3,(H,24,28). The van der Waals surface area contributed by atoms with Crippen molar-refractivity contribution in [3.8, 4) is 11.4 Å². The van der Waals surface area contributed by atoms with Crippen molar-refractivity contribution in [1.82, 2.24) is 20.1 Å². The minimum atomic E-state index is -0.350. The van der Waals surface area contributed by atoms with E-state index in [9.17, 15) is 4.79 Å². The molecule has 0 bridgehead atoms. The molecule has 0 radical (unpaired) electrons. The highest BCUT2D eigenvalue weighted by Gasteiger charge is 2.21. The van der Waals surface area contributed by atoms with Crippen LogP contribution in [-0.4, -0.2) is 25.9 Å². The SMILES string of the molecule is Cc1ccc(-c2nnc(SC(C)C(=O)NC(C)c3ccc(Cl)cc3Cl)n2C)cc1. The quantitative estimate of drug-likeness (QED) is 0.508. The summed E-state index contributed by atoms with van der Waals surface area (Å²) in [6.07, 6.45) is 0. The van der Waals surface area contributed by atoms with Gasteiger partial charge in [-0.25, -0.2) is 0 Å². The third-order valence-corrected chi connectivity index (χ3v) is 6.28. The molecular formula is C21H22Cl2N4OS. The van der Waals surface area contributed by atoms with Crippen LogP contribution in [0.4, 0.5) is 0 Å². The van der Waals surface area contributed by atoms with Crippen molar-refractivity contribution in [2.75, 3.05) is 0 Å². The monoisotopic (exact) mass is 448 g/mol. The number of hydrogen-bond acceptors (Lipinski definition) is 4. The van der Waals surface area contributed by atoms with Gasteiger partial charge in [-0.2, -0.15) is 0 Å². The second-order valence-corrected chi connectivity index (χ2v) is 9.04. The Morgan fingerprint density at radius 1 is 1.10 bits per heavy atom. The van der Waals surface area contributed by atoms with Gasteiger partial charge in [-0.15, -0.1) is 10.2 Å². The highest BCUT2D eigenvalue weighted by Crippen LogP contribution is 2.28. The van der Waals surface area contributed by atoms with Crippen molar-refractivity contribution in [3.05, 3.63) is 63.6 Å². The summed E-state index contributed by atoms with van der Waals surface area (Å²) in [5.74, 6) is 0.662. The molecule has 0 aliphatic rings. The molecule has 152 valence electrons. The van der Waals surface area contributed by atoms with Gasteiger partial charge in [-0.05, 0) is 38.5 Å². The van der Waals surface area contributed by atoms with E-state index in [2.05, 4.69) is 15.5 Å². The normalized spacial score (nSPS) is 13.2. The predicted molar refractivity (Wildman–Crippen MR) is 120 cm³/mol. The van der Waals surface area contributed by atoms with Crippen LogP contribution in [0.2, 0.25) is 10.0 Å². The Hall–Kier alpha value is -2.02. The van der Waals surface area contributed by atoms with Crippen molar-refractivity contribution in [2.24, 2.45) is 7.05 Å². The zero-order valence-corrected chi connectivity index (χ0v) is 18.9. The van der Waals surface area contributed by atoms with Crippen LogP contribution in [0.5, 0.6) is 0 Å². The molecule has 0 spiro atoms. The molecule has 0 aliphatic heterocycles. The maximum Gasteiger partial charge on any atom is 0.233 e. The average molecular weight is 449 g/mol. The van der Waals surface area contributed by atoms with Crippen LogP contribution in [0, 0.1) is 6.92 Å². The van der Waals surface area contributed by atoms with Gasteiger partial charge in [0.1, 0.15) is 0 Å². The van der Waals surface area contributed by atoms with Gasteiger partial charge in [0.05, 0.1) is 11.3 Å². The van der Waals surface area contributed by atoms with Crippen LogP contribution in [0.15, 0.2) is 47.6 Å². The van der Waals surface area contributed by atoms with Gasteiger partial charge in [0, 0.05) is 22.7 Å². The van der Waals surface area contributed by atoms with Gasteiger partial charge in [-0.1, -0.05) is 70.9 Å². The summed E-state index contributed by atoms with van der Waals surface area (Å²) in [5, 5.41) is 13.0. The smallest absolute Gasteiger partial charge is 0.233 e. The lowest BCUT2D eigenvalue weighted by Crippen LogP contribution is -2.33. The lowest BCUT2D eigenvalue weighted by Gasteiger charge is -2.18. The van der Waals surface area contributed by atoms with Crippen LogP contribution >= 0.6 is 35.0 Å². The summed E-state index contributed by atoms with van der Waals surface area (Å²) in [6.45, 7) is 5.78. The van der Waals surface area contributed by atoms with Gasteiger partial charge in [0.15, 0.2) is 11.0 Å². The van der Waals surface area contributed by atoms with Gasteiger partial charge >= 0.3 is 0 Å². The Bertz CT molecular complexity index is 1020. The molecule has 2 aromatic carbocycles. The van der Waals surface area contributed by atoms with Gasteiger partial charge in [0.25, 0.3) is 0 Å². The Kier molecular flexibility index (Phi) is 6.88. The van der Waals surface area contributed by atoms with E-state index in [1.807, 2.05) is 62.7 Å². The van der Waals surface area contributed by atoms with Crippen LogP contribution in [0.1, 0.15) is 31.0 Å². The highest BCUT2D eigenvalue weighted by atomic mass is 35.5. The molecule has 1 amide bonds. The largest absolute Gasteiger partial charge is 0.349 e. The Morgan fingerprint density at radius 2 is 1.79 bits per heavy atom. The summed E-state index contributed by atoms with van der Waals surface area (Å²) in [6, 6.07) is 13.1. The number of nitrogens with zero attached hydrogens (tertiary/aromatic N) is 3. The van der Waals surface area contributed by atoms with E-state index < -0.39 is 0 Å². The lowest BCUT2D eigenvalue weighted by molar-refractivity contribution is -0.120. The molecule has 1 aromatic heterocycles. The molecule has 1 N–H and O–H groups in total. The summed E-state index contributed by atoms with van der Waals surface area (Å²) in [4.78, 5) is 12.7. The first kappa shape index (κ1) is 21.7. The molecule has 0 saturated carbocycles. The zero-order valence-electron chi connectivity index (χ0n) is 16.6. The maximum atomic E-state index is 12.7. The fourth-order valence-corrected chi connectivity index (χ4v) is 4.24. The maximum absolute atomic E-state index is 12.7. The molecule has 1 heterocycles. The second kappa shape index (κ2) is 9.20. The fourth-order valence-electron chi connectivity index (χ4n) is 2.84. The average Bonchev–Trinajstić information content (AvgIpc) is 3.02. The van der Waals surface area contributed by atoms with Crippen LogP contribution in [0.25, 0.3) is 11.4 Å². The van der Waals surface area contributed by atoms with Crippen LogP contribution in [-0.2, 0) is 11.8 Å². The Balaban J connectivity index is 1.67. The first-order valence-electron chi connectivity index (χ1n) is 9.14. The second-order valence-electron chi connectivity index (χ2n) is 6.89. The first-order chi connectivity index (χ1) is 13.8. The first-order valence-corrected chi connectivity index (χ1v) is 10.8. The van der Waals surface area contributed by atoms with Crippen molar-refractivity contribution in [2.45, 2.75) is 37.2 Å². The molecule has 0 saturated heterocycles. The molecule has 3 aromatic rings. The minimum absolute atomic E-state index is 0.103. The van der Waals surface area contributed by atoms with E-state index >= 15 is 0 Å². The molecular weight excluding hydrogens is 427 g/mol. The number of thioether (sulfide) groups is 1. The summed E-state index contributed by atoms with van der Waals surface area (Å²) >= 11 is 13.6. The molecule has 2 atom stereocenters. The number of carbonyl (C=O) groups excluding carboxylic acids is 1. The third kappa shape index (κ3) is 5.13. The third-order valence-electron chi connectivity index (χ3n) is 4.58. The van der Waals surface area contributed by atoms with Crippen LogP contribution in [0.3, 0.4) is 0 Å². The summed E-state index contributed by atoms with van der Waals surface area (Å²) < 4.78 is 1.90. The number of amides is 1. The van der Waals surface area contributed by atoms with Crippen molar-refractivity contribution < 1.29 is 4.79 Å². The molecule has 5 nitrogen and oxygen atoms in total. The Labute approximate surface area is 184 Å². The van der Waals surface area contributed by atoms with Gasteiger partial charge < -0.3 is 9.88 Å². The van der Waals surface area contributed by atoms with Crippen LogP contribution < -0.4 is 5.32 Å². The Morgan fingerprint density at radius 3 is 2.45 bits per heavy atom. The van der Waals surface area contributed by atoms with E-state index in [1.165, 1.54) is 17.3 Å². The summed E-state index contributed by atoms with van der Waals surface area (Å²) in [7, 11) is 1.90. The van der Waals surface area contributed by atoms with E-state index in [0.29, 0.717) is 15.2 Å². The molecule has 0 fully saturated rings.